The van der Waals surface area contributed by atoms with Gasteiger partial charge in [-0.3, -0.25) is 4.79 Å². The van der Waals surface area contributed by atoms with Crippen LogP contribution in [0.25, 0.3) is 11.3 Å². The van der Waals surface area contributed by atoms with Crippen molar-refractivity contribution in [2.24, 2.45) is 5.41 Å². The first-order chi connectivity index (χ1) is 8.94. The number of hydrogen-bond acceptors (Lipinski definition) is 3. The second kappa shape index (κ2) is 5.53. The molecule has 19 heavy (non-hydrogen) atoms. The van der Waals surface area contributed by atoms with Crippen molar-refractivity contribution >= 4 is 22.4 Å². The number of nitrogens with one attached hydrogen (secondary N) is 1. The molecule has 0 atom stereocenters. The molecule has 1 aromatic carbocycles. The summed E-state index contributed by atoms with van der Waals surface area (Å²) < 4.78 is 0. The summed E-state index contributed by atoms with van der Waals surface area (Å²) in [5.41, 5.74) is 1.95. The Labute approximate surface area is 117 Å². The molecule has 0 saturated heterocycles. The summed E-state index contributed by atoms with van der Waals surface area (Å²) in [6.07, 6.45) is 0.493. The van der Waals surface area contributed by atoms with Crippen molar-refractivity contribution in [1.82, 2.24) is 4.98 Å². The minimum Gasteiger partial charge on any atom is -0.302 e. The van der Waals surface area contributed by atoms with E-state index in [2.05, 4.69) is 10.3 Å². The van der Waals surface area contributed by atoms with Crippen LogP contribution in [-0.4, -0.2) is 10.9 Å². The maximum absolute atomic E-state index is 11.8. The smallest absolute Gasteiger partial charge is 0.226 e. The molecule has 0 bridgehead atoms. The molecule has 0 unspecified atom stereocenters. The average molecular weight is 274 g/mol. The minimum absolute atomic E-state index is 0.0103. The molecular weight excluding hydrogens is 256 g/mol. The molecule has 100 valence electrons. The SMILES string of the molecule is CC(C)(C)CC(=O)Nc1nc(-c2ccccc2)cs1. The first kappa shape index (κ1) is 13.7. The lowest BCUT2D eigenvalue weighted by Crippen LogP contribution is -2.19. The van der Waals surface area contributed by atoms with Crippen molar-refractivity contribution in [2.75, 3.05) is 5.32 Å². The molecular formula is C15H18N2OS. The molecule has 0 fully saturated rings. The number of hydrogen-bond donors (Lipinski definition) is 1. The number of anilines is 1. The van der Waals surface area contributed by atoms with E-state index in [0.717, 1.165) is 11.3 Å². The van der Waals surface area contributed by atoms with E-state index in [4.69, 9.17) is 0 Å². The molecule has 0 aliphatic carbocycles. The number of carbonyl (C=O) groups excluding carboxylic acids is 1. The number of amides is 1. The zero-order valence-corrected chi connectivity index (χ0v) is 12.3. The Morgan fingerprint density at radius 3 is 2.58 bits per heavy atom. The van der Waals surface area contributed by atoms with Crippen LogP contribution in [0.4, 0.5) is 5.13 Å². The lowest BCUT2D eigenvalue weighted by molar-refractivity contribution is -0.117. The van der Waals surface area contributed by atoms with Crippen molar-refractivity contribution in [3.05, 3.63) is 35.7 Å². The van der Waals surface area contributed by atoms with E-state index in [1.165, 1.54) is 11.3 Å². The fourth-order valence-corrected chi connectivity index (χ4v) is 2.45. The van der Waals surface area contributed by atoms with Gasteiger partial charge in [-0.1, -0.05) is 51.1 Å². The van der Waals surface area contributed by atoms with Crippen LogP contribution in [0.2, 0.25) is 0 Å². The molecule has 1 aromatic heterocycles. The Bertz CT molecular complexity index is 555. The monoisotopic (exact) mass is 274 g/mol. The Balaban J connectivity index is 2.04. The molecule has 2 rings (SSSR count). The summed E-state index contributed by atoms with van der Waals surface area (Å²) in [4.78, 5) is 16.3. The first-order valence-corrected chi connectivity index (χ1v) is 7.13. The fourth-order valence-electron chi connectivity index (χ4n) is 1.72. The van der Waals surface area contributed by atoms with Crippen molar-refractivity contribution in [3.63, 3.8) is 0 Å². The van der Waals surface area contributed by atoms with Crippen LogP contribution in [0.5, 0.6) is 0 Å². The Hall–Kier alpha value is -1.68. The maximum Gasteiger partial charge on any atom is 0.226 e. The number of thiazole rings is 1. The third-order valence-corrected chi connectivity index (χ3v) is 3.27. The molecule has 1 heterocycles. The predicted molar refractivity (Wildman–Crippen MR) is 80.3 cm³/mol. The number of aromatic nitrogens is 1. The van der Waals surface area contributed by atoms with Crippen molar-refractivity contribution in [1.29, 1.82) is 0 Å². The van der Waals surface area contributed by atoms with E-state index in [1.807, 2.05) is 56.5 Å². The highest BCUT2D eigenvalue weighted by atomic mass is 32.1. The zero-order chi connectivity index (χ0) is 13.9. The number of nitrogens with zero attached hydrogens (tertiary/aromatic N) is 1. The van der Waals surface area contributed by atoms with E-state index in [0.29, 0.717) is 11.6 Å². The summed E-state index contributed by atoms with van der Waals surface area (Å²) in [5.74, 6) is 0.0152. The second-order valence-electron chi connectivity index (χ2n) is 5.69. The van der Waals surface area contributed by atoms with Crippen LogP contribution in [0.1, 0.15) is 27.2 Å². The van der Waals surface area contributed by atoms with Gasteiger partial charge in [-0.05, 0) is 5.41 Å². The Morgan fingerprint density at radius 1 is 1.26 bits per heavy atom. The van der Waals surface area contributed by atoms with Gasteiger partial charge in [0.05, 0.1) is 5.69 Å². The second-order valence-corrected chi connectivity index (χ2v) is 6.55. The van der Waals surface area contributed by atoms with Gasteiger partial charge in [0.25, 0.3) is 0 Å². The van der Waals surface area contributed by atoms with Gasteiger partial charge < -0.3 is 5.32 Å². The third kappa shape index (κ3) is 4.17. The highest BCUT2D eigenvalue weighted by Crippen LogP contribution is 2.25. The van der Waals surface area contributed by atoms with Gasteiger partial charge in [0.2, 0.25) is 5.91 Å². The molecule has 1 N–H and O–H groups in total. The van der Waals surface area contributed by atoms with Gasteiger partial charge in [0.1, 0.15) is 0 Å². The normalized spacial score (nSPS) is 11.3. The highest BCUT2D eigenvalue weighted by molar-refractivity contribution is 7.14. The zero-order valence-electron chi connectivity index (χ0n) is 11.4. The molecule has 4 heteroatoms. The molecule has 0 spiro atoms. The average Bonchev–Trinajstić information content (AvgIpc) is 2.76. The lowest BCUT2D eigenvalue weighted by Gasteiger charge is -2.16. The van der Waals surface area contributed by atoms with Gasteiger partial charge in [-0.2, -0.15) is 0 Å². The van der Waals surface area contributed by atoms with Gasteiger partial charge in [0.15, 0.2) is 5.13 Å². The summed E-state index contributed by atoms with van der Waals surface area (Å²) in [6, 6.07) is 9.95. The number of carbonyl (C=O) groups is 1. The van der Waals surface area contributed by atoms with Crippen LogP contribution in [0.15, 0.2) is 35.7 Å². The van der Waals surface area contributed by atoms with Gasteiger partial charge in [0, 0.05) is 17.4 Å². The topological polar surface area (TPSA) is 42.0 Å². The highest BCUT2D eigenvalue weighted by Gasteiger charge is 2.17. The summed E-state index contributed by atoms with van der Waals surface area (Å²) in [6.45, 7) is 6.14. The van der Waals surface area contributed by atoms with E-state index >= 15 is 0 Å². The first-order valence-electron chi connectivity index (χ1n) is 6.25. The van der Waals surface area contributed by atoms with Crippen LogP contribution < -0.4 is 5.32 Å². The van der Waals surface area contributed by atoms with Crippen molar-refractivity contribution in [3.8, 4) is 11.3 Å². The molecule has 0 radical (unpaired) electrons. The predicted octanol–water partition coefficient (Wildman–Crippen LogP) is 4.18. The summed E-state index contributed by atoms with van der Waals surface area (Å²) in [5, 5.41) is 5.48. The summed E-state index contributed by atoms with van der Waals surface area (Å²) in [7, 11) is 0. The number of rotatable bonds is 3. The van der Waals surface area contributed by atoms with E-state index in [9.17, 15) is 4.79 Å². The molecule has 0 aliphatic rings. The van der Waals surface area contributed by atoms with E-state index in [-0.39, 0.29) is 11.3 Å². The van der Waals surface area contributed by atoms with Crippen LogP contribution in [0.3, 0.4) is 0 Å². The largest absolute Gasteiger partial charge is 0.302 e. The van der Waals surface area contributed by atoms with Gasteiger partial charge in [-0.25, -0.2) is 4.98 Å². The maximum atomic E-state index is 11.8. The van der Waals surface area contributed by atoms with Crippen LogP contribution >= 0.6 is 11.3 Å². The van der Waals surface area contributed by atoms with Crippen molar-refractivity contribution < 1.29 is 4.79 Å². The van der Waals surface area contributed by atoms with Crippen molar-refractivity contribution in [2.45, 2.75) is 27.2 Å². The molecule has 1 amide bonds. The standard InChI is InChI=1S/C15H18N2OS/c1-15(2,3)9-13(18)17-14-16-12(10-19-14)11-7-5-4-6-8-11/h4-8,10H,9H2,1-3H3,(H,16,17,18). The molecule has 0 saturated carbocycles. The molecule has 0 aliphatic heterocycles. The lowest BCUT2D eigenvalue weighted by atomic mass is 9.92. The fraction of sp³-hybridized carbons (Fsp3) is 0.333. The molecule has 2 aromatic rings. The van der Waals surface area contributed by atoms with E-state index in [1.54, 1.807) is 0 Å². The number of benzene rings is 1. The molecule has 3 nitrogen and oxygen atoms in total. The van der Waals surface area contributed by atoms with Crippen LogP contribution in [-0.2, 0) is 4.79 Å². The minimum atomic E-state index is -0.0103. The van der Waals surface area contributed by atoms with Crippen LogP contribution in [0, 0.1) is 5.41 Å². The van der Waals surface area contributed by atoms with E-state index < -0.39 is 0 Å². The Morgan fingerprint density at radius 2 is 1.95 bits per heavy atom. The summed E-state index contributed by atoms with van der Waals surface area (Å²) >= 11 is 1.46. The van der Waals surface area contributed by atoms with Gasteiger partial charge in [-0.15, -0.1) is 11.3 Å². The quantitative estimate of drug-likeness (QED) is 0.912. The Kier molecular flexibility index (Phi) is 4.00. The third-order valence-electron chi connectivity index (χ3n) is 2.51. The van der Waals surface area contributed by atoms with Gasteiger partial charge >= 0.3 is 0 Å².